The lowest BCUT2D eigenvalue weighted by atomic mass is 9.91. The van der Waals surface area contributed by atoms with Gasteiger partial charge in [-0.3, -0.25) is 0 Å². The van der Waals surface area contributed by atoms with Crippen LogP contribution >= 0.6 is 0 Å². The summed E-state index contributed by atoms with van der Waals surface area (Å²) in [6.45, 7) is 8.79. The van der Waals surface area contributed by atoms with Crippen LogP contribution in [-0.4, -0.2) is 41.9 Å². The molecule has 0 aromatic rings. The number of methoxy groups -OCH3 is 1. The van der Waals surface area contributed by atoms with Crippen LogP contribution in [0.1, 0.15) is 20.8 Å². The first kappa shape index (κ1) is 14.6. The highest BCUT2D eigenvalue weighted by molar-refractivity contribution is 4.84. The van der Waals surface area contributed by atoms with Crippen molar-refractivity contribution in [1.29, 1.82) is 0 Å². The molecule has 0 aromatic carbocycles. The minimum atomic E-state index is -0.749. The van der Waals surface area contributed by atoms with E-state index in [9.17, 15) is 10.2 Å². The third kappa shape index (κ3) is 3.91. The highest BCUT2D eigenvalue weighted by atomic mass is 16.7. The molecule has 2 N–H and O–H groups in total. The van der Waals surface area contributed by atoms with Crippen molar-refractivity contribution in [3.8, 4) is 0 Å². The van der Waals surface area contributed by atoms with E-state index in [1.54, 1.807) is 19.9 Å². The maximum Gasteiger partial charge on any atom is 0.183 e. The van der Waals surface area contributed by atoms with E-state index >= 15 is 0 Å². The van der Waals surface area contributed by atoms with Crippen LogP contribution in [0.4, 0.5) is 0 Å². The summed E-state index contributed by atoms with van der Waals surface area (Å²) in [5.74, 6) is -0.210. The van der Waals surface area contributed by atoms with Crippen molar-refractivity contribution in [2.45, 2.75) is 45.4 Å². The number of aliphatic hydroxyl groups is 2. The summed E-state index contributed by atoms with van der Waals surface area (Å²) in [6, 6.07) is 0. The lowest BCUT2D eigenvalue weighted by Gasteiger charge is -2.39. The van der Waals surface area contributed by atoms with Gasteiger partial charge in [0, 0.05) is 13.0 Å². The summed E-state index contributed by atoms with van der Waals surface area (Å²) >= 11 is 0. The molecule has 0 saturated carbocycles. The van der Waals surface area contributed by atoms with Crippen LogP contribution in [0.3, 0.4) is 0 Å². The fourth-order valence-electron chi connectivity index (χ4n) is 1.44. The van der Waals surface area contributed by atoms with Gasteiger partial charge in [0.05, 0.1) is 12.2 Å². The lowest BCUT2D eigenvalue weighted by Crippen LogP contribution is -2.52. The van der Waals surface area contributed by atoms with Gasteiger partial charge in [-0.1, -0.05) is 13.0 Å². The van der Waals surface area contributed by atoms with Gasteiger partial charge in [0.1, 0.15) is 6.10 Å². The maximum atomic E-state index is 9.52. The van der Waals surface area contributed by atoms with Crippen molar-refractivity contribution in [2.24, 2.45) is 5.92 Å². The quantitative estimate of drug-likeness (QED) is 0.643. The van der Waals surface area contributed by atoms with Gasteiger partial charge in [0.25, 0.3) is 0 Å². The lowest BCUT2D eigenvalue weighted by molar-refractivity contribution is -0.270. The van der Waals surface area contributed by atoms with E-state index in [1.165, 1.54) is 7.11 Å². The number of hydrogen-bond donors (Lipinski definition) is 2. The Bertz CT molecular complexity index is 179. The molecule has 1 aliphatic heterocycles. The SMILES string of the molecule is C=CC.CO[C@@H]1O[C@H](C)[C@@H](O)[C@H](C)[C@H]1O. The molecule has 90 valence electrons. The van der Waals surface area contributed by atoms with Crippen molar-refractivity contribution >= 4 is 0 Å². The Morgan fingerprint density at radius 1 is 1.27 bits per heavy atom. The smallest absolute Gasteiger partial charge is 0.183 e. The van der Waals surface area contributed by atoms with E-state index in [1.807, 2.05) is 6.92 Å². The average Bonchev–Trinajstić information content (AvgIpc) is 2.21. The molecule has 5 atom stereocenters. The molecule has 1 saturated heterocycles. The van der Waals surface area contributed by atoms with Gasteiger partial charge in [-0.25, -0.2) is 0 Å². The van der Waals surface area contributed by atoms with Gasteiger partial charge in [0.15, 0.2) is 6.29 Å². The predicted octanol–water partition coefficient (Wildman–Crippen LogP) is 0.928. The van der Waals surface area contributed by atoms with Crippen LogP contribution in [0, 0.1) is 5.92 Å². The van der Waals surface area contributed by atoms with Crippen molar-refractivity contribution < 1.29 is 19.7 Å². The number of hydrogen-bond acceptors (Lipinski definition) is 4. The maximum absolute atomic E-state index is 9.52. The van der Waals surface area contributed by atoms with Crippen LogP contribution < -0.4 is 0 Å². The van der Waals surface area contributed by atoms with Gasteiger partial charge in [-0.15, -0.1) is 6.58 Å². The molecule has 0 amide bonds. The van der Waals surface area contributed by atoms with Gasteiger partial charge in [-0.05, 0) is 13.8 Å². The van der Waals surface area contributed by atoms with Crippen molar-refractivity contribution in [3.63, 3.8) is 0 Å². The average molecular weight is 218 g/mol. The fraction of sp³-hybridized carbons (Fsp3) is 0.818. The Labute approximate surface area is 91.5 Å². The fourth-order valence-corrected chi connectivity index (χ4v) is 1.44. The zero-order valence-corrected chi connectivity index (χ0v) is 9.88. The molecule has 0 unspecified atom stereocenters. The van der Waals surface area contributed by atoms with Crippen LogP contribution in [0.25, 0.3) is 0 Å². The molecule has 1 rings (SSSR count). The Balaban J connectivity index is 0.000000583. The summed E-state index contributed by atoms with van der Waals surface area (Å²) in [5.41, 5.74) is 0. The van der Waals surface area contributed by atoms with Gasteiger partial charge in [-0.2, -0.15) is 0 Å². The van der Waals surface area contributed by atoms with Crippen LogP contribution in [0.5, 0.6) is 0 Å². The molecule has 1 fully saturated rings. The molecule has 0 spiro atoms. The molecule has 1 aliphatic rings. The van der Waals surface area contributed by atoms with Gasteiger partial charge < -0.3 is 19.7 Å². The molecule has 0 radical (unpaired) electrons. The zero-order valence-electron chi connectivity index (χ0n) is 9.88. The zero-order chi connectivity index (χ0) is 12.0. The molecule has 1 heterocycles. The predicted molar refractivity (Wildman–Crippen MR) is 58.4 cm³/mol. The highest BCUT2D eigenvalue weighted by Crippen LogP contribution is 2.25. The Morgan fingerprint density at radius 3 is 2.13 bits per heavy atom. The third-order valence-corrected chi connectivity index (χ3v) is 2.42. The van der Waals surface area contributed by atoms with E-state index in [0.717, 1.165) is 0 Å². The standard InChI is InChI=1S/C8H16O4.C3H6/c1-4-6(9)5(2)12-8(11-3)7(4)10;1-3-2/h4-10H,1-3H3;3H,1H2,2H3/t4-,5+,6-,7+,8+;/m0./s1. The van der Waals surface area contributed by atoms with Gasteiger partial charge >= 0.3 is 0 Å². The minimum absolute atomic E-state index is 0.210. The first-order valence-corrected chi connectivity index (χ1v) is 5.11. The minimum Gasteiger partial charge on any atom is -0.390 e. The van der Waals surface area contributed by atoms with E-state index in [2.05, 4.69) is 6.58 Å². The van der Waals surface area contributed by atoms with E-state index in [0.29, 0.717) is 0 Å². The third-order valence-electron chi connectivity index (χ3n) is 2.42. The molecular weight excluding hydrogens is 196 g/mol. The normalized spacial score (nSPS) is 40.3. The molecule has 15 heavy (non-hydrogen) atoms. The Kier molecular flexibility index (Phi) is 6.76. The second kappa shape index (κ2) is 6.95. The monoisotopic (exact) mass is 218 g/mol. The summed E-state index contributed by atoms with van der Waals surface area (Å²) < 4.78 is 10.1. The van der Waals surface area contributed by atoms with E-state index in [-0.39, 0.29) is 12.0 Å². The summed E-state index contributed by atoms with van der Waals surface area (Å²) in [7, 11) is 1.48. The number of aliphatic hydroxyl groups excluding tert-OH is 2. The highest BCUT2D eigenvalue weighted by Gasteiger charge is 2.39. The second-order valence-corrected chi connectivity index (χ2v) is 3.69. The van der Waals surface area contributed by atoms with Crippen molar-refractivity contribution in [3.05, 3.63) is 12.7 Å². The Hall–Kier alpha value is -0.420. The first-order valence-electron chi connectivity index (χ1n) is 5.11. The van der Waals surface area contributed by atoms with Crippen molar-refractivity contribution in [1.82, 2.24) is 0 Å². The number of rotatable bonds is 1. The molecular formula is C11H22O4. The van der Waals surface area contributed by atoms with Gasteiger partial charge in [0.2, 0.25) is 0 Å². The largest absolute Gasteiger partial charge is 0.390 e. The first-order chi connectivity index (χ1) is 6.99. The molecule has 4 nitrogen and oxygen atoms in total. The summed E-state index contributed by atoms with van der Waals surface area (Å²) in [4.78, 5) is 0. The van der Waals surface area contributed by atoms with Crippen LogP contribution in [0.15, 0.2) is 12.7 Å². The summed E-state index contributed by atoms with van der Waals surface area (Å²) in [6.07, 6.45) is -0.514. The molecule has 0 aliphatic carbocycles. The van der Waals surface area contributed by atoms with Crippen LogP contribution in [0.2, 0.25) is 0 Å². The molecule has 4 heteroatoms. The Morgan fingerprint density at radius 2 is 1.73 bits per heavy atom. The van der Waals surface area contributed by atoms with Crippen LogP contribution in [-0.2, 0) is 9.47 Å². The van der Waals surface area contributed by atoms with Crippen molar-refractivity contribution in [2.75, 3.05) is 7.11 Å². The number of allylic oxidation sites excluding steroid dienone is 1. The topological polar surface area (TPSA) is 58.9 Å². The summed E-state index contributed by atoms with van der Waals surface area (Å²) in [5, 5.41) is 19.0. The molecule has 0 bridgehead atoms. The van der Waals surface area contributed by atoms with E-state index < -0.39 is 18.5 Å². The molecule has 0 aromatic heterocycles. The van der Waals surface area contributed by atoms with E-state index in [4.69, 9.17) is 9.47 Å². The second-order valence-electron chi connectivity index (χ2n) is 3.69. The number of ether oxygens (including phenoxy) is 2.